The molecular weight excluding hydrogens is 817 g/mol. The number of nitriles is 1. The van der Waals surface area contributed by atoms with Crippen molar-refractivity contribution in [2.75, 3.05) is 40.8 Å². The van der Waals surface area contributed by atoms with Crippen molar-refractivity contribution in [3.63, 3.8) is 0 Å². The Bertz CT molecular complexity index is 2730. The van der Waals surface area contributed by atoms with Crippen LogP contribution in [0.15, 0.2) is 187 Å². The molecule has 1 aliphatic rings. The van der Waals surface area contributed by atoms with Crippen LogP contribution in [-0.4, -0.2) is 50.7 Å². The van der Waals surface area contributed by atoms with Gasteiger partial charge in [0.15, 0.2) is 0 Å². The highest BCUT2D eigenvalue weighted by Gasteiger charge is 2.58. The van der Waals surface area contributed by atoms with Crippen LogP contribution in [0.5, 0.6) is 23.0 Å². The van der Waals surface area contributed by atoms with E-state index in [9.17, 15) is 10.1 Å². The van der Waals surface area contributed by atoms with E-state index < -0.39 is 34.5 Å². The van der Waals surface area contributed by atoms with Crippen molar-refractivity contribution in [3.8, 4) is 29.1 Å². The molecule has 328 valence electrons. The predicted octanol–water partition coefficient (Wildman–Crippen LogP) is 9.26. The minimum atomic E-state index is -1.61. The lowest BCUT2D eigenvalue weighted by Gasteiger charge is -2.43. The number of rotatable bonds is 16. The zero-order valence-corrected chi connectivity index (χ0v) is 36.7. The van der Waals surface area contributed by atoms with Gasteiger partial charge in [0.2, 0.25) is 0 Å². The second kappa shape index (κ2) is 18.6. The fourth-order valence-electron chi connectivity index (χ4n) is 9.04. The Morgan fingerprint density at radius 3 is 1.40 bits per heavy atom. The van der Waals surface area contributed by atoms with E-state index in [0.717, 1.165) is 33.4 Å². The predicted molar refractivity (Wildman–Crippen MR) is 249 cm³/mol. The van der Waals surface area contributed by atoms with Crippen molar-refractivity contribution in [2.45, 2.75) is 29.8 Å². The largest absolute Gasteiger partial charge is 0.497 e. The molecule has 7 aromatic rings. The Hall–Kier alpha value is -7.65. The third kappa shape index (κ3) is 7.99. The standard InChI is InChI=1S/C54H50N4O7/c1-37-48(58-33-32-50(56)57-51(58)59)34-49(65-54(39-14-10-7-11-15-39,42-20-28-46(62-4)29-21-42)43-22-30-47(63-5)31-23-43)52(37,35-55)36-64-53(38-12-8-6-9-13-38,40-16-24-44(60-2)25-17-40)41-18-26-45(61-3)27-19-41/h6-33,48-49H,1,34,36H2,2-5H3,(H2,56,57,59)/t48-,49-,52-/m0/s1. The molecule has 6 aromatic carbocycles. The van der Waals surface area contributed by atoms with Gasteiger partial charge in [-0.15, -0.1) is 0 Å². The molecule has 2 N–H and O–H groups in total. The van der Waals surface area contributed by atoms with Crippen LogP contribution < -0.4 is 30.4 Å². The summed E-state index contributed by atoms with van der Waals surface area (Å²) in [5.74, 6) is 2.71. The van der Waals surface area contributed by atoms with Gasteiger partial charge >= 0.3 is 5.69 Å². The van der Waals surface area contributed by atoms with Crippen LogP contribution in [0.4, 0.5) is 5.82 Å². The summed E-state index contributed by atoms with van der Waals surface area (Å²) in [6.45, 7) is 4.41. The molecule has 3 atom stereocenters. The molecule has 1 aromatic heterocycles. The minimum Gasteiger partial charge on any atom is -0.497 e. The van der Waals surface area contributed by atoms with Gasteiger partial charge in [0.05, 0.1) is 53.3 Å². The molecule has 0 spiro atoms. The van der Waals surface area contributed by atoms with Gasteiger partial charge in [0, 0.05) is 12.6 Å². The van der Waals surface area contributed by atoms with Crippen LogP contribution in [0.3, 0.4) is 0 Å². The number of hydrogen-bond acceptors (Lipinski definition) is 10. The highest BCUT2D eigenvalue weighted by molar-refractivity contribution is 5.52. The number of anilines is 1. The van der Waals surface area contributed by atoms with Crippen molar-refractivity contribution in [2.24, 2.45) is 5.41 Å². The zero-order valence-electron chi connectivity index (χ0n) is 36.7. The molecule has 1 aliphatic carbocycles. The van der Waals surface area contributed by atoms with E-state index in [-0.39, 0.29) is 18.8 Å². The monoisotopic (exact) mass is 866 g/mol. The minimum absolute atomic E-state index is 0.0753. The van der Waals surface area contributed by atoms with E-state index in [1.54, 1.807) is 40.7 Å². The third-order valence-corrected chi connectivity index (χ3v) is 12.5. The van der Waals surface area contributed by atoms with Crippen molar-refractivity contribution < 1.29 is 28.4 Å². The van der Waals surface area contributed by atoms with Crippen LogP contribution in [-0.2, 0) is 20.7 Å². The zero-order chi connectivity index (χ0) is 45.6. The maximum absolute atomic E-state index is 13.8. The highest BCUT2D eigenvalue weighted by Crippen LogP contribution is 2.55. The maximum atomic E-state index is 13.8. The van der Waals surface area contributed by atoms with Crippen LogP contribution in [0.2, 0.25) is 0 Å². The van der Waals surface area contributed by atoms with Gasteiger partial charge in [-0.2, -0.15) is 10.2 Å². The molecule has 11 nitrogen and oxygen atoms in total. The maximum Gasteiger partial charge on any atom is 0.350 e. The number of nitrogens with two attached hydrogens (primary N) is 1. The second-order valence-electron chi connectivity index (χ2n) is 15.8. The molecule has 1 fully saturated rings. The van der Waals surface area contributed by atoms with Gasteiger partial charge in [-0.3, -0.25) is 4.57 Å². The van der Waals surface area contributed by atoms with Gasteiger partial charge in [-0.25, -0.2) is 4.79 Å². The number of ether oxygens (including phenoxy) is 6. The number of benzene rings is 6. The Balaban J connectivity index is 1.37. The summed E-state index contributed by atoms with van der Waals surface area (Å²) in [5.41, 5.74) is 6.22. The smallest absolute Gasteiger partial charge is 0.350 e. The van der Waals surface area contributed by atoms with E-state index in [0.29, 0.717) is 28.6 Å². The van der Waals surface area contributed by atoms with Crippen LogP contribution in [0, 0.1) is 16.7 Å². The summed E-state index contributed by atoms with van der Waals surface area (Å²) in [5, 5.41) is 12.0. The second-order valence-corrected chi connectivity index (χ2v) is 15.8. The van der Waals surface area contributed by atoms with Gasteiger partial charge in [0.1, 0.15) is 45.4 Å². The Morgan fingerprint density at radius 2 is 1.02 bits per heavy atom. The van der Waals surface area contributed by atoms with Crippen molar-refractivity contribution in [1.29, 1.82) is 5.26 Å². The lowest BCUT2D eigenvalue weighted by atomic mass is 9.77. The van der Waals surface area contributed by atoms with E-state index >= 15 is 0 Å². The third-order valence-electron chi connectivity index (χ3n) is 12.5. The molecule has 0 amide bonds. The molecule has 0 bridgehead atoms. The average Bonchev–Trinajstić information content (AvgIpc) is 3.63. The molecular formula is C54H50N4O7. The molecule has 1 saturated carbocycles. The van der Waals surface area contributed by atoms with E-state index in [1.165, 1.54) is 4.57 Å². The van der Waals surface area contributed by atoms with Crippen LogP contribution in [0.1, 0.15) is 45.8 Å². The SMILES string of the molecule is C=C1[C@@H](n2ccc(N)nc2=O)C[C@H](OC(c2ccccc2)(c2ccc(OC)cc2)c2ccc(OC)cc2)[C@@]1(C#N)COC(c1ccccc1)(c1ccc(OC)cc1)c1ccc(OC)cc1. The molecule has 8 rings (SSSR count). The number of methoxy groups -OCH3 is 4. The summed E-state index contributed by atoms with van der Waals surface area (Å²) in [6, 6.07) is 54.0. The number of nitrogens with zero attached hydrogens (tertiary/aromatic N) is 3. The first kappa shape index (κ1) is 44.0. The summed E-state index contributed by atoms with van der Waals surface area (Å²) in [6.07, 6.45) is 0.761. The summed E-state index contributed by atoms with van der Waals surface area (Å²) in [7, 11) is 6.47. The van der Waals surface area contributed by atoms with Crippen LogP contribution in [0.25, 0.3) is 0 Å². The molecule has 0 radical (unpaired) electrons. The fourth-order valence-corrected chi connectivity index (χ4v) is 9.04. The van der Waals surface area contributed by atoms with E-state index in [2.05, 4.69) is 17.6 Å². The number of hydrogen-bond donors (Lipinski definition) is 1. The first-order chi connectivity index (χ1) is 31.6. The first-order valence-corrected chi connectivity index (χ1v) is 21.1. The number of aromatic nitrogens is 2. The van der Waals surface area contributed by atoms with Gasteiger partial charge in [-0.05, 0) is 93.6 Å². The topological polar surface area (TPSA) is 140 Å². The highest BCUT2D eigenvalue weighted by atomic mass is 16.5. The molecule has 0 saturated heterocycles. The quantitative estimate of drug-likeness (QED) is 0.0739. The molecule has 65 heavy (non-hydrogen) atoms. The van der Waals surface area contributed by atoms with E-state index in [4.69, 9.17) is 34.2 Å². The first-order valence-electron chi connectivity index (χ1n) is 21.1. The van der Waals surface area contributed by atoms with Crippen molar-refractivity contribution in [3.05, 3.63) is 226 Å². The Kier molecular flexibility index (Phi) is 12.6. The van der Waals surface area contributed by atoms with E-state index in [1.807, 2.05) is 158 Å². The number of nitrogen functional groups attached to an aromatic ring is 1. The van der Waals surface area contributed by atoms with Crippen LogP contribution >= 0.6 is 0 Å². The molecule has 0 unspecified atom stereocenters. The lowest BCUT2D eigenvalue weighted by molar-refractivity contribution is -0.108. The molecule has 11 heteroatoms. The Labute approximate surface area is 378 Å². The van der Waals surface area contributed by atoms with Crippen molar-refractivity contribution in [1.82, 2.24) is 9.55 Å². The lowest BCUT2D eigenvalue weighted by Crippen LogP contribution is -2.46. The molecule has 1 heterocycles. The summed E-state index contributed by atoms with van der Waals surface area (Å²) in [4.78, 5) is 17.8. The molecule has 0 aliphatic heterocycles. The van der Waals surface area contributed by atoms with Gasteiger partial charge in [-0.1, -0.05) is 116 Å². The van der Waals surface area contributed by atoms with Gasteiger partial charge < -0.3 is 34.2 Å². The fraction of sp³-hybridized carbons (Fsp3) is 0.204. The average molecular weight is 867 g/mol. The van der Waals surface area contributed by atoms with Crippen molar-refractivity contribution >= 4 is 5.82 Å². The summed E-state index contributed by atoms with van der Waals surface area (Å²) >= 11 is 0. The summed E-state index contributed by atoms with van der Waals surface area (Å²) < 4.78 is 39.2. The normalized spacial score (nSPS) is 17.2. The Morgan fingerprint density at radius 1 is 0.631 bits per heavy atom. The van der Waals surface area contributed by atoms with Gasteiger partial charge in [0.25, 0.3) is 0 Å².